The average Bonchev–Trinajstić information content (AvgIpc) is 2.70. The highest BCUT2D eigenvalue weighted by molar-refractivity contribution is 7.92. The van der Waals surface area contributed by atoms with Gasteiger partial charge in [-0.3, -0.25) is 9.52 Å². The monoisotopic (exact) mass is 405 g/mol. The Balaban J connectivity index is 1.64. The molecule has 0 atom stereocenters. The molecule has 0 aliphatic carbocycles. The minimum absolute atomic E-state index is 0.0384. The molecule has 0 saturated carbocycles. The number of hydrogen-bond donors (Lipinski definition) is 2. The van der Waals surface area contributed by atoms with Crippen LogP contribution in [0.25, 0.3) is 0 Å². The molecule has 1 saturated heterocycles. The van der Waals surface area contributed by atoms with Gasteiger partial charge in [-0.25, -0.2) is 12.8 Å². The van der Waals surface area contributed by atoms with Crippen LogP contribution in [0.15, 0.2) is 53.4 Å². The molecule has 1 amide bonds. The maximum Gasteiger partial charge on any atom is 0.261 e. The molecule has 2 aromatic rings. The van der Waals surface area contributed by atoms with Crippen LogP contribution in [-0.2, 0) is 10.0 Å². The Kier molecular flexibility index (Phi) is 6.31. The summed E-state index contributed by atoms with van der Waals surface area (Å²) in [4.78, 5) is 14.7. The number of para-hydroxylation sites is 1. The fraction of sp³-hybridized carbons (Fsp3) is 0.350. The molecule has 1 aliphatic rings. The van der Waals surface area contributed by atoms with Crippen LogP contribution in [-0.4, -0.2) is 44.9 Å². The van der Waals surface area contributed by atoms with Crippen molar-refractivity contribution < 1.29 is 17.6 Å². The van der Waals surface area contributed by atoms with Crippen molar-refractivity contribution in [1.29, 1.82) is 0 Å². The summed E-state index contributed by atoms with van der Waals surface area (Å²) in [6, 6.07) is 11.3. The summed E-state index contributed by atoms with van der Waals surface area (Å²) >= 11 is 0. The Morgan fingerprint density at radius 1 is 1.11 bits per heavy atom. The first-order valence-corrected chi connectivity index (χ1v) is 10.8. The second kappa shape index (κ2) is 8.70. The van der Waals surface area contributed by atoms with Crippen LogP contribution >= 0.6 is 0 Å². The van der Waals surface area contributed by atoms with Gasteiger partial charge in [-0.05, 0) is 55.8 Å². The van der Waals surface area contributed by atoms with E-state index in [1.165, 1.54) is 42.5 Å². The number of nitrogens with one attached hydrogen (secondary N) is 2. The molecular weight excluding hydrogens is 381 g/mol. The van der Waals surface area contributed by atoms with Crippen molar-refractivity contribution in [2.75, 3.05) is 24.4 Å². The predicted octanol–water partition coefficient (Wildman–Crippen LogP) is 2.84. The summed E-state index contributed by atoms with van der Waals surface area (Å²) in [5, 5.41) is 3.01. The van der Waals surface area contributed by atoms with Gasteiger partial charge >= 0.3 is 0 Å². The van der Waals surface area contributed by atoms with Gasteiger partial charge in [-0.15, -0.1) is 0 Å². The number of anilines is 1. The van der Waals surface area contributed by atoms with Crippen LogP contribution in [0.1, 0.15) is 30.1 Å². The molecule has 1 heterocycles. The lowest BCUT2D eigenvalue weighted by Gasteiger charge is -2.31. The maximum atomic E-state index is 13.7. The number of benzene rings is 2. The second-order valence-corrected chi connectivity index (χ2v) is 8.47. The summed E-state index contributed by atoms with van der Waals surface area (Å²) in [5.74, 6) is -0.878. The van der Waals surface area contributed by atoms with E-state index in [9.17, 15) is 17.6 Å². The molecule has 1 aliphatic heterocycles. The molecule has 0 aromatic heterocycles. The number of nitrogens with zero attached hydrogens (tertiary/aromatic N) is 1. The summed E-state index contributed by atoms with van der Waals surface area (Å²) in [5.41, 5.74) is 0.269. The minimum atomic E-state index is -3.94. The van der Waals surface area contributed by atoms with E-state index >= 15 is 0 Å². The van der Waals surface area contributed by atoms with Gasteiger partial charge in [-0.2, -0.15) is 0 Å². The van der Waals surface area contributed by atoms with E-state index in [-0.39, 0.29) is 22.5 Å². The van der Waals surface area contributed by atoms with E-state index in [1.54, 1.807) is 6.07 Å². The van der Waals surface area contributed by atoms with Gasteiger partial charge in [0.1, 0.15) is 5.82 Å². The van der Waals surface area contributed by atoms with Gasteiger partial charge in [0.05, 0.1) is 10.6 Å². The van der Waals surface area contributed by atoms with Gasteiger partial charge in [0.25, 0.3) is 15.9 Å². The van der Waals surface area contributed by atoms with E-state index < -0.39 is 15.8 Å². The second-order valence-electron chi connectivity index (χ2n) is 6.79. The van der Waals surface area contributed by atoms with Crippen molar-refractivity contribution in [2.45, 2.75) is 30.7 Å². The molecule has 0 radical (unpaired) electrons. The number of piperidine rings is 1. The fourth-order valence-electron chi connectivity index (χ4n) is 3.20. The van der Waals surface area contributed by atoms with E-state index in [0.717, 1.165) is 32.5 Å². The first-order valence-electron chi connectivity index (χ1n) is 9.29. The van der Waals surface area contributed by atoms with Gasteiger partial charge in [-0.1, -0.05) is 19.1 Å². The molecule has 6 nitrogen and oxygen atoms in total. The van der Waals surface area contributed by atoms with Crippen molar-refractivity contribution in [2.24, 2.45) is 0 Å². The van der Waals surface area contributed by atoms with Crippen molar-refractivity contribution in [1.82, 2.24) is 10.2 Å². The van der Waals surface area contributed by atoms with Crippen LogP contribution in [0.4, 0.5) is 10.1 Å². The molecule has 3 rings (SSSR count). The van der Waals surface area contributed by atoms with E-state index in [1.807, 2.05) is 0 Å². The third-order valence-corrected chi connectivity index (χ3v) is 6.30. The number of hydrogen-bond acceptors (Lipinski definition) is 4. The van der Waals surface area contributed by atoms with Crippen molar-refractivity contribution >= 4 is 21.6 Å². The Morgan fingerprint density at radius 2 is 1.75 bits per heavy atom. The van der Waals surface area contributed by atoms with Crippen LogP contribution in [0.3, 0.4) is 0 Å². The number of halogens is 1. The highest BCUT2D eigenvalue weighted by Gasteiger charge is 2.21. The van der Waals surface area contributed by atoms with Gasteiger partial charge in [0, 0.05) is 24.7 Å². The number of carbonyl (C=O) groups is 1. The van der Waals surface area contributed by atoms with Crippen molar-refractivity contribution in [3.05, 3.63) is 59.9 Å². The molecule has 150 valence electrons. The number of sulfonamides is 1. The molecule has 0 spiro atoms. The molecule has 8 heteroatoms. The zero-order chi connectivity index (χ0) is 20.1. The summed E-state index contributed by atoms with van der Waals surface area (Å²) in [6.07, 6.45) is 1.80. The Morgan fingerprint density at radius 3 is 2.36 bits per heavy atom. The van der Waals surface area contributed by atoms with Gasteiger partial charge in [0.15, 0.2) is 0 Å². The summed E-state index contributed by atoms with van der Waals surface area (Å²) in [7, 11) is -3.94. The summed E-state index contributed by atoms with van der Waals surface area (Å²) in [6.45, 7) is 5.05. The molecule has 0 unspecified atom stereocenters. The molecule has 0 bridgehead atoms. The SMILES string of the molecule is CCN1CCC(NC(=O)c2ccc(S(=O)(=O)Nc3ccccc3F)cc2)CC1. The van der Waals surface area contributed by atoms with Crippen LogP contribution in [0, 0.1) is 5.82 Å². The highest BCUT2D eigenvalue weighted by Crippen LogP contribution is 2.19. The lowest BCUT2D eigenvalue weighted by Crippen LogP contribution is -2.44. The van der Waals surface area contributed by atoms with Crippen molar-refractivity contribution in [3.63, 3.8) is 0 Å². The van der Waals surface area contributed by atoms with Crippen LogP contribution in [0.5, 0.6) is 0 Å². The zero-order valence-electron chi connectivity index (χ0n) is 15.7. The van der Waals surface area contributed by atoms with Gasteiger partial charge in [0.2, 0.25) is 0 Å². The largest absolute Gasteiger partial charge is 0.349 e. The van der Waals surface area contributed by atoms with E-state index in [0.29, 0.717) is 5.56 Å². The van der Waals surface area contributed by atoms with E-state index in [2.05, 4.69) is 21.9 Å². The Bertz CT molecular complexity index is 924. The lowest BCUT2D eigenvalue weighted by atomic mass is 10.0. The maximum absolute atomic E-state index is 13.7. The van der Waals surface area contributed by atoms with Crippen LogP contribution in [0.2, 0.25) is 0 Å². The average molecular weight is 405 g/mol. The number of likely N-dealkylation sites (tertiary alicyclic amines) is 1. The molecular formula is C20H24FN3O3S. The topological polar surface area (TPSA) is 78.5 Å². The van der Waals surface area contributed by atoms with Gasteiger partial charge < -0.3 is 10.2 Å². The minimum Gasteiger partial charge on any atom is -0.349 e. The smallest absolute Gasteiger partial charge is 0.261 e. The Labute approximate surface area is 164 Å². The number of carbonyl (C=O) groups excluding carboxylic acids is 1. The number of rotatable bonds is 6. The highest BCUT2D eigenvalue weighted by atomic mass is 32.2. The van der Waals surface area contributed by atoms with Crippen LogP contribution < -0.4 is 10.0 Å². The summed E-state index contributed by atoms with van der Waals surface area (Å²) < 4.78 is 40.8. The van der Waals surface area contributed by atoms with E-state index in [4.69, 9.17) is 0 Å². The number of amides is 1. The first-order chi connectivity index (χ1) is 13.4. The fourth-order valence-corrected chi connectivity index (χ4v) is 4.26. The predicted molar refractivity (Wildman–Crippen MR) is 106 cm³/mol. The zero-order valence-corrected chi connectivity index (χ0v) is 16.5. The molecule has 1 fully saturated rings. The molecule has 28 heavy (non-hydrogen) atoms. The third-order valence-electron chi connectivity index (χ3n) is 4.91. The normalized spacial score (nSPS) is 15.9. The quantitative estimate of drug-likeness (QED) is 0.775. The third kappa shape index (κ3) is 4.88. The molecule has 2 N–H and O–H groups in total. The standard InChI is InChI=1S/C20H24FN3O3S/c1-2-24-13-11-16(12-14-24)22-20(25)15-7-9-17(10-8-15)28(26,27)23-19-6-4-3-5-18(19)21/h3-10,16,23H,2,11-14H2,1H3,(H,22,25). The first kappa shape index (κ1) is 20.3. The Hall–Kier alpha value is -2.45. The van der Waals surface area contributed by atoms with Crippen molar-refractivity contribution in [3.8, 4) is 0 Å². The lowest BCUT2D eigenvalue weighted by molar-refractivity contribution is 0.0912. The molecule has 2 aromatic carbocycles.